The zero-order valence-electron chi connectivity index (χ0n) is 21.2. The van der Waals surface area contributed by atoms with Crippen LogP contribution in [0.15, 0.2) is 67.0 Å². The molecule has 0 spiro atoms. The number of nitrogens with zero attached hydrogens (tertiary/aromatic N) is 7. The minimum atomic E-state index is -0.0424. The molecule has 10 nitrogen and oxygen atoms in total. The number of ether oxygens (including phenoxy) is 1. The smallest absolute Gasteiger partial charge is 0.185 e. The van der Waals surface area contributed by atoms with E-state index in [0.29, 0.717) is 37.2 Å². The fraction of sp³-hybridized carbons (Fsp3) is 0.321. The van der Waals surface area contributed by atoms with Crippen molar-refractivity contribution in [3.8, 4) is 5.75 Å². The molecular weight excluding hydrogens is 482 g/mol. The molecule has 1 fully saturated rings. The normalized spacial score (nSPS) is 15.0. The summed E-state index contributed by atoms with van der Waals surface area (Å²) < 4.78 is 7.00. The number of aromatic nitrogens is 6. The lowest BCUT2D eigenvalue weighted by atomic mass is 10.1. The van der Waals surface area contributed by atoms with Crippen molar-refractivity contribution in [1.82, 2.24) is 30.2 Å². The van der Waals surface area contributed by atoms with Crippen molar-refractivity contribution in [3.63, 3.8) is 0 Å². The van der Waals surface area contributed by atoms with Gasteiger partial charge >= 0.3 is 0 Å². The Morgan fingerprint density at radius 2 is 1.92 bits per heavy atom. The Morgan fingerprint density at radius 1 is 1.00 bits per heavy atom. The first-order valence-electron chi connectivity index (χ1n) is 12.6. The van der Waals surface area contributed by atoms with E-state index in [4.69, 9.17) is 4.74 Å². The van der Waals surface area contributed by atoms with Crippen molar-refractivity contribution < 1.29 is 14.3 Å². The predicted octanol–water partition coefficient (Wildman–Crippen LogP) is 3.09. The molecule has 38 heavy (non-hydrogen) atoms. The summed E-state index contributed by atoms with van der Waals surface area (Å²) in [5.74, 6) is 1.51. The van der Waals surface area contributed by atoms with Gasteiger partial charge in [-0.15, -0.1) is 10.2 Å². The van der Waals surface area contributed by atoms with E-state index in [1.807, 2.05) is 54.6 Å². The molecule has 10 heteroatoms. The SMILES string of the molecule is COc1cccc(CC(=O)Cc2ccc(N3CCC(n4cc(C(=O)CCc5ccccn5)nn4)C3)nn2)c1. The molecule has 1 aliphatic heterocycles. The van der Waals surface area contributed by atoms with E-state index in [0.717, 1.165) is 35.8 Å². The van der Waals surface area contributed by atoms with Crippen LogP contribution in [0.2, 0.25) is 0 Å². The highest BCUT2D eigenvalue weighted by Crippen LogP contribution is 2.25. The van der Waals surface area contributed by atoms with Crippen LogP contribution in [0.4, 0.5) is 5.82 Å². The number of hydrogen-bond donors (Lipinski definition) is 0. The molecule has 0 bridgehead atoms. The second-order valence-electron chi connectivity index (χ2n) is 9.34. The molecule has 1 saturated heterocycles. The predicted molar refractivity (Wildman–Crippen MR) is 140 cm³/mol. The van der Waals surface area contributed by atoms with Gasteiger partial charge in [-0.2, -0.15) is 5.10 Å². The summed E-state index contributed by atoms with van der Waals surface area (Å²) >= 11 is 0. The quantitative estimate of drug-likeness (QED) is 0.280. The Bertz CT molecular complexity index is 1390. The molecular formula is C28H29N7O3. The van der Waals surface area contributed by atoms with E-state index in [-0.39, 0.29) is 24.0 Å². The molecule has 0 aliphatic carbocycles. The number of rotatable bonds is 11. The molecule has 1 aromatic carbocycles. The lowest BCUT2D eigenvalue weighted by Gasteiger charge is -2.16. The molecule has 3 aromatic heterocycles. The Labute approximate surface area is 220 Å². The van der Waals surface area contributed by atoms with Gasteiger partial charge in [0.25, 0.3) is 0 Å². The van der Waals surface area contributed by atoms with Crippen LogP contribution in [0.1, 0.15) is 46.3 Å². The summed E-state index contributed by atoms with van der Waals surface area (Å²) in [7, 11) is 1.61. The molecule has 0 radical (unpaired) electrons. The summed E-state index contributed by atoms with van der Waals surface area (Å²) in [5, 5.41) is 17.0. The van der Waals surface area contributed by atoms with E-state index in [1.165, 1.54) is 0 Å². The van der Waals surface area contributed by atoms with E-state index in [2.05, 4.69) is 30.4 Å². The zero-order valence-corrected chi connectivity index (χ0v) is 21.2. The Morgan fingerprint density at radius 3 is 2.71 bits per heavy atom. The topological polar surface area (TPSA) is 116 Å². The van der Waals surface area contributed by atoms with Crippen molar-refractivity contribution >= 4 is 17.4 Å². The van der Waals surface area contributed by atoms with Crippen LogP contribution in [-0.2, 0) is 24.1 Å². The van der Waals surface area contributed by atoms with Crippen molar-refractivity contribution in [2.45, 2.75) is 38.1 Å². The van der Waals surface area contributed by atoms with Gasteiger partial charge in [0, 0.05) is 37.8 Å². The number of carbonyl (C=O) groups excluding carboxylic acids is 2. The van der Waals surface area contributed by atoms with Crippen molar-refractivity contribution in [2.24, 2.45) is 0 Å². The van der Waals surface area contributed by atoms with Crippen LogP contribution < -0.4 is 9.64 Å². The minimum absolute atomic E-state index is 0.0424. The number of anilines is 1. The van der Waals surface area contributed by atoms with Crippen molar-refractivity contribution in [3.05, 3.63) is 89.6 Å². The van der Waals surface area contributed by atoms with Crippen LogP contribution in [0.5, 0.6) is 5.75 Å². The van der Waals surface area contributed by atoms with Crippen molar-refractivity contribution in [2.75, 3.05) is 25.1 Å². The third kappa shape index (κ3) is 6.26. The number of carbonyl (C=O) groups is 2. The fourth-order valence-electron chi connectivity index (χ4n) is 4.55. The molecule has 0 saturated carbocycles. The molecule has 5 rings (SSSR count). The van der Waals surface area contributed by atoms with Crippen LogP contribution in [0.25, 0.3) is 0 Å². The maximum absolute atomic E-state index is 12.6. The number of methoxy groups -OCH3 is 1. The highest BCUT2D eigenvalue weighted by molar-refractivity contribution is 5.93. The van der Waals surface area contributed by atoms with Gasteiger partial charge in [0.1, 0.15) is 17.2 Å². The molecule has 4 heterocycles. The van der Waals surface area contributed by atoms with Gasteiger partial charge in [0.2, 0.25) is 0 Å². The fourth-order valence-corrected chi connectivity index (χ4v) is 4.55. The molecule has 0 amide bonds. The Balaban J connectivity index is 1.12. The van der Waals surface area contributed by atoms with Gasteiger partial charge in [-0.1, -0.05) is 23.4 Å². The number of pyridine rings is 1. The van der Waals surface area contributed by atoms with Crippen molar-refractivity contribution in [1.29, 1.82) is 0 Å². The average molecular weight is 512 g/mol. The number of ketones is 2. The summed E-state index contributed by atoms with van der Waals surface area (Å²) in [6.45, 7) is 1.48. The number of aryl methyl sites for hydroxylation is 1. The van der Waals surface area contributed by atoms with Crippen LogP contribution in [-0.4, -0.2) is 61.9 Å². The number of Topliss-reactive ketones (excluding diaryl/α,β-unsaturated/α-hetero) is 2. The Kier molecular flexibility index (Phi) is 7.77. The molecule has 0 N–H and O–H groups in total. The average Bonchev–Trinajstić information content (AvgIpc) is 3.63. The summed E-state index contributed by atoms with van der Waals surface area (Å²) in [6, 6.07) is 17.0. The second-order valence-corrected chi connectivity index (χ2v) is 9.34. The lowest BCUT2D eigenvalue weighted by Crippen LogP contribution is -2.22. The van der Waals surface area contributed by atoms with E-state index < -0.39 is 0 Å². The summed E-state index contributed by atoms with van der Waals surface area (Å²) in [4.78, 5) is 31.5. The lowest BCUT2D eigenvalue weighted by molar-refractivity contribution is -0.117. The van der Waals surface area contributed by atoms with Gasteiger partial charge in [0.05, 0.1) is 31.5 Å². The molecule has 1 unspecified atom stereocenters. The summed E-state index contributed by atoms with van der Waals surface area (Å²) in [6.07, 6.45) is 5.78. The standard InChI is InChI=1S/C28H29N7O3/c1-38-25-7-4-5-20(16-25)15-24(36)17-22-9-11-28(32-30-22)34-14-12-23(18-34)35-19-26(31-33-35)27(37)10-8-21-6-2-3-13-29-21/h2-7,9,11,13,16,19,23H,8,10,12,14-15,17-18H2,1H3. The van der Waals surface area contributed by atoms with E-state index in [9.17, 15) is 9.59 Å². The van der Waals surface area contributed by atoms with Crippen LogP contribution >= 0.6 is 0 Å². The molecule has 194 valence electrons. The highest BCUT2D eigenvalue weighted by atomic mass is 16.5. The zero-order chi connectivity index (χ0) is 26.3. The third-order valence-corrected chi connectivity index (χ3v) is 6.61. The first kappa shape index (κ1) is 25.2. The number of hydrogen-bond acceptors (Lipinski definition) is 9. The van der Waals surface area contributed by atoms with Gasteiger partial charge in [-0.05, 0) is 54.8 Å². The van der Waals surface area contributed by atoms with Gasteiger partial charge < -0.3 is 9.64 Å². The first-order valence-corrected chi connectivity index (χ1v) is 12.6. The monoisotopic (exact) mass is 511 g/mol. The molecule has 1 atom stereocenters. The van der Waals surface area contributed by atoms with Gasteiger partial charge in [-0.3, -0.25) is 14.6 Å². The molecule has 4 aromatic rings. The summed E-state index contributed by atoms with van der Waals surface area (Å²) in [5.41, 5.74) is 2.81. The maximum Gasteiger partial charge on any atom is 0.185 e. The second kappa shape index (κ2) is 11.7. The van der Waals surface area contributed by atoms with Crippen LogP contribution in [0.3, 0.4) is 0 Å². The van der Waals surface area contributed by atoms with E-state index >= 15 is 0 Å². The van der Waals surface area contributed by atoms with Gasteiger partial charge in [0.15, 0.2) is 11.6 Å². The number of benzene rings is 1. The first-order chi connectivity index (χ1) is 18.6. The highest BCUT2D eigenvalue weighted by Gasteiger charge is 2.27. The van der Waals surface area contributed by atoms with E-state index in [1.54, 1.807) is 24.2 Å². The Hall–Kier alpha value is -4.47. The largest absolute Gasteiger partial charge is 0.497 e. The molecule has 1 aliphatic rings. The minimum Gasteiger partial charge on any atom is -0.497 e. The van der Waals surface area contributed by atoms with Gasteiger partial charge in [-0.25, -0.2) is 4.68 Å². The van der Waals surface area contributed by atoms with Crippen LogP contribution in [0, 0.1) is 0 Å². The third-order valence-electron chi connectivity index (χ3n) is 6.61. The maximum atomic E-state index is 12.6.